The van der Waals surface area contributed by atoms with Crippen LogP contribution in [-0.4, -0.2) is 48.8 Å². The van der Waals surface area contributed by atoms with Crippen LogP contribution in [0, 0.1) is 5.92 Å². The molecule has 3 nitrogen and oxygen atoms in total. The normalized spacial score (nSPS) is 28.2. The maximum atomic E-state index is 9.25. The SMILES string of the molecule is OCC1CCN(C2CCN(c3ccccc3Br)C2)C1. The van der Waals surface area contributed by atoms with Gasteiger partial charge in [0.1, 0.15) is 0 Å². The first-order chi connectivity index (χ1) is 9.28. The Bertz CT molecular complexity index is 440. The van der Waals surface area contributed by atoms with Crippen molar-refractivity contribution < 1.29 is 5.11 Å². The molecule has 19 heavy (non-hydrogen) atoms. The number of aliphatic hydroxyl groups is 1. The van der Waals surface area contributed by atoms with Gasteiger partial charge in [0.25, 0.3) is 0 Å². The summed E-state index contributed by atoms with van der Waals surface area (Å²) in [6, 6.07) is 9.12. The smallest absolute Gasteiger partial charge is 0.0511 e. The first kappa shape index (κ1) is 13.4. The standard InChI is InChI=1S/C15H21BrN2O/c16-14-3-1-2-4-15(14)18-8-6-13(10-18)17-7-5-12(9-17)11-19/h1-4,12-13,19H,5-11H2. The molecule has 0 radical (unpaired) electrons. The number of likely N-dealkylation sites (tertiary alicyclic amines) is 1. The molecule has 4 heteroatoms. The lowest BCUT2D eigenvalue weighted by Crippen LogP contribution is -2.36. The van der Waals surface area contributed by atoms with E-state index < -0.39 is 0 Å². The fourth-order valence-electron chi connectivity index (χ4n) is 3.31. The first-order valence-electron chi connectivity index (χ1n) is 7.12. The van der Waals surface area contributed by atoms with E-state index in [4.69, 9.17) is 0 Å². The fraction of sp³-hybridized carbons (Fsp3) is 0.600. The highest BCUT2D eigenvalue weighted by molar-refractivity contribution is 9.10. The van der Waals surface area contributed by atoms with E-state index in [-0.39, 0.29) is 0 Å². The van der Waals surface area contributed by atoms with Crippen molar-refractivity contribution in [1.29, 1.82) is 0 Å². The van der Waals surface area contributed by atoms with E-state index in [2.05, 4.69) is 50.0 Å². The van der Waals surface area contributed by atoms with Gasteiger partial charge in [0, 0.05) is 36.8 Å². The molecule has 2 unspecified atom stereocenters. The minimum atomic E-state index is 0.344. The van der Waals surface area contributed by atoms with Gasteiger partial charge in [-0.05, 0) is 53.4 Å². The lowest BCUT2D eigenvalue weighted by Gasteiger charge is -2.25. The summed E-state index contributed by atoms with van der Waals surface area (Å²) in [5.41, 5.74) is 1.31. The Labute approximate surface area is 123 Å². The zero-order valence-corrected chi connectivity index (χ0v) is 12.7. The highest BCUT2D eigenvalue weighted by Crippen LogP contribution is 2.31. The zero-order valence-electron chi connectivity index (χ0n) is 11.1. The molecule has 2 aliphatic heterocycles. The predicted octanol–water partition coefficient (Wildman–Crippen LogP) is 2.34. The second-order valence-corrected chi connectivity index (χ2v) is 6.53. The second kappa shape index (κ2) is 5.81. The molecule has 0 bridgehead atoms. The molecule has 0 spiro atoms. The highest BCUT2D eigenvalue weighted by Gasteiger charge is 2.32. The van der Waals surface area contributed by atoms with Crippen LogP contribution in [0.2, 0.25) is 0 Å². The van der Waals surface area contributed by atoms with Crippen molar-refractivity contribution in [3.8, 4) is 0 Å². The fourth-order valence-corrected chi connectivity index (χ4v) is 3.85. The van der Waals surface area contributed by atoms with Gasteiger partial charge < -0.3 is 10.0 Å². The lowest BCUT2D eigenvalue weighted by atomic mass is 10.1. The van der Waals surface area contributed by atoms with E-state index in [1.165, 1.54) is 16.6 Å². The van der Waals surface area contributed by atoms with Crippen molar-refractivity contribution in [3.05, 3.63) is 28.7 Å². The molecule has 2 aliphatic rings. The maximum absolute atomic E-state index is 9.25. The Morgan fingerprint density at radius 1 is 1.16 bits per heavy atom. The molecule has 2 fully saturated rings. The Morgan fingerprint density at radius 3 is 2.74 bits per heavy atom. The second-order valence-electron chi connectivity index (χ2n) is 5.67. The van der Waals surface area contributed by atoms with Crippen LogP contribution in [0.15, 0.2) is 28.7 Å². The molecule has 1 N–H and O–H groups in total. The monoisotopic (exact) mass is 324 g/mol. The number of para-hydroxylation sites is 1. The van der Waals surface area contributed by atoms with Crippen molar-refractivity contribution in [2.75, 3.05) is 37.7 Å². The third-order valence-corrected chi connectivity index (χ3v) is 5.12. The Morgan fingerprint density at radius 2 is 2.00 bits per heavy atom. The van der Waals surface area contributed by atoms with Crippen molar-refractivity contribution in [2.45, 2.75) is 18.9 Å². The number of anilines is 1. The van der Waals surface area contributed by atoms with E-state index in [0.29, 0.717) is 18.6 Å². The summed E-state index contributed by atoms with van der Waals surface area (Å²) in [6.07, 6.45) is 2.39. The summed E-state index contributed by atoms with van der Waals surface area (Å²) in [4.78, 5) is 5.04. The molecule has 0 saturated carbocycles. The van der Waals surface area contributed by atoms with Gasteiger partial charge in [-0.1, -0.05) is 12.1 Å². The van der Waals surface area contributed by atoms with E-state index in [0.717, 1.165) is 32.6 Å². The first-order valence-corrected chi connectivity index (χ1v) is 7.91. The summed E-state index contributed by atoms with van der Waals surface area (Å²) >= 11 is 3.64. The Hall–Kier alpha value is -0.580. The van der Waals surface area contributed by atoms with Crippen molar-refractivity contribution in [3.63, 3.8) is 0 Å². The van der Waals surface area contributed by atoms with Crippen LogP contribution in [-0.2, 0) is 0 Å². The minimum absolute atomic E-state index is 0.344. The number of hydrogen-bond donors (Lipinski definition) is 1. The van der Waals surface area contributed by atoms with E-state index in [1.54, 1.807) is 0 Å². The maximum Gasteiger partial charge on any atom is 0.0511 e. The van der Waals surface area contributed by atoms with Crippen molar-refractivity contribution in [1.82, 2.24) is 4.90 Å². The van der Waals surface area contributed by atoms with E-state index in [1.807, 2.05) is 0 Å². The summed E-state index contributed by atoms with van der Waals surface area (Å²) < 4.78 is 1.19. The number of benzene rings is 1. The van der Waals surface area contributed by atoms with Gasteiger partial charge >= 0.3 is 0 Å². The number of aliphatic hydroxyl groups excluding tert-OH is 1. The van der Waals surface area contributed by atoms with Crippen LogP contribution in [0.1, 0.15) is 12.8 Å². The van der Waals surface area contributed by atoms with Gasteiger partial charge in [-0.2, -0.15) is 0 Å². The van der Waals surface area contributed by atoms with Crippen LogP contribution in [0.25, 0.3) is 0 Å². The average molecular weight is 325 g/mol. The van der Waals surface area contributed by atoms with Crippen molar-refractivity contribution in [2.24, 2.45) is 5.92 Å². The van der Waals surface area contributed by atoms with Crippen LogP contribution in [0.3, 0.4) is 0 Å². The molecule has 104 valence electrons. The van der Waals surface area contributed by atoms with Crippen molar-refractivity contribution >= 4 is 21.6 Å². The van der Waals surface area contributed by atoms with Gasteiger partial charge in [-0.25, -0.2) is 0 Å². The summed E-state index contributed by atoms with van der Waals surface area (Å²) in [7, 11) is 0. The topological polar surface area (TPSA) is 26.7 Å². The zero-order chi connectivity index (χ0) is 13.2. The van der Waals surface area contributed by atoms with E-state index >= 15 is 0 Å². The van der Waals surface area contributed by atoms with Crippen LogP contribution in [0.5, 0.6) is 0 Å². The van der Waals surface area contributed by atoms with Gasteiger partial charge in [0.15, 0.2) is 0 Å². The van der Waals surface area contributed by atoms with Crippen LogP contribution < -0.4 is 4.90 Å². The summed E-state index contributed by atoms with van der Waals surface area (Å²) in [6.45, 7) is 4.82. The summed E-state index contributed by atoms with van der Waals surface area (Å²) in [5, 5.41) is 9.25. The molecule has 1 aromatic carbocycles. The van der Waals surface area contributed by atoms with Gasteiger partial charge in [0.2, 0.25) is 0 Å². The molecular formula is C15H21BrN2O. The number of halogens is 1. The van der Waals surface area contributed by atoms with Crippen LogP contribution in [0.4, 0.5) is 5.69 Å². The van der Waals surface area contributed by atoms with Crippen LogP contribution >= 0.6 is 15.9 Å². The average Bonchev–Trinajstić information content (AvgIpc) is 3.08. The minimum Gasteiger partial charge on any atom is -0.396 e. The Kier molecular flexibility index (Phi) is 4.10. The summed E-state index contributed by atoms with van der Waals surface area (Å²) in [5.74, 6) is 0.498. The molecular weight excluding hydrogens is 304 g/mol. The number of hydrogen-bond acceptors (Lipinski definition) is 3. The molecule has 0 aliphatic carbocycles. The van der Waals surface area contributed by atoms with Gasteiger partial charge in [0.05, 0.1) is 5.69 Å². The third kappa shape index (κ3) is 2.81. The van der Waals surface area contributed by atoms with Gasteiger partial charge in [-0.15, -0.1) is 0 Å². The molecule has 0 aromatic heterocycles. The molecule has 3 rings (SSSR count). The molecule has 2 saturated heterocycles. The molecule has 2 atom stereocenters. The predicted molar refractivity (Wildman–Crippen MR) is 81.5 cm³/mol. The number of nitrogens with zero attached hydrogens (tertiary/aromatic N) is 2. The number of rotatable bonds is 3. The van der Waals surface area contributed by atoms with Gasteiger partial charge in [-0.3, -0.25) is 4.90 Å². The third-order valence-electron chi connectivity index (χ3n) is 4.45. The molecule has 1 aromatic rings. The molecule has 2 heterocycles. The molecule has 0 amide bonds. The van der Waals surface area contributed by atoms with E-state index in [9.17, 15) is 5.11 Å². The highest BCUT2D eigenvalue weighted by atomic mass is 79.9. The lowest BCUT2D eigenvalue weighted by molar-refractivity contribution is 0.204. The largest absolute Gasteiger partial charge is 0.396 e. The quantitative estimate of drug-likeness (QED) is 0.924. The Balaban J connectivity index is 1.63.